The van der Waals surface area contributed by atoms with Crippen molar-refractivity contribution < 1.29 is 33.3 Å². The van der Waals surface area contributed by atoms with Gasteiger partial charge < -0.3 is 23.7 Å². The van der Waals surface area contributed by atoms with Crippen LogP contribution < -0.4 is 14.2 Å². The van der Waals surface area contributed by atoms with E-state index in [4.69, 9.17) is 23.7 Å². The summed E-state index contributed by atoms with van der Waals surface area (Å²) in [5, 5.41) is 0. The molecular formula is C33H38O7. The minimum Gasteiger partial charge on any atom is -0.494 e. The molecule has 0 bridgehead atoms. The van der Waals surface area contributed by atoms with E-state index in [1.54, 1.807) is 50.2 Å². The lowest BCUT2D eigenvalue weighted by molar-refractivity contribution is -0.162. The normalized spacial score (nSPS) is 15.9. The van der Waals surface area contributed by atoms with Crippen LogP contribution in [0.1, 0.15) is 69.7 Å². The van der Waals surface area contributed by atoms with Gasteiger partial charge in [0.15, 0.2) is 11.9 Å². The van der Waals surface area contributed by atoms with E-state index in [9.17, 15) is 9.59 Å². The zero-order chi connectivity index (χ0) is 28.4. The fourth-order valence-electron chi connectivity index (χ4n) is 4.41. The molecule has 40 heavy (non-hydrogen) atoms. The van der Waals surface area contributed by atoms with E-state index < -0.39 is 23.8 Å². The van der Waals surface area contributed by atoms with Gasteiger partial charge in [0.25, 0.3) is 0 Å². The molecule has 1 saturated heterocycles. The summed E-state index contributed by atoms with van der Waals surface area (Å²) in [4.78, 5) is 25.8. The Morgan fingerprint density at radius 2 is 1.55 bits per heavy atom. The first kappa shape index (κ1) is 29.3. The molecule has 1 aliphatic rings. The molecule has 1 atom stereocenters. The summed E-state index contributed by atoms with van der Waals surface area (Å²) in [5.41, 5.74) is 1.93. The fraction of sp³-hybridized carbons (Fsp3) is 0.394. The molecule has 0 radical (unpaired) electrons. The summed E-state index contributed by atoms with van der Waals surface area (Å²) in [5.74, 6) is -0.737. The van der Waals surface area contributed by atoms with Gasteiger partial charge in [0.1, 0.15) is 17.2 Å². The van der Waals surface area contributed by atoms with E-state index >= 15 is 0 Å². The number of carbonyl (C=O) groups excluding carboxylic acids is 2. The molecule has 0 amide bonds. The monoisotopic (exact) mass is 546 g/mol. The van der Waals surface area contributed by atoms with Gasteiger partial charge in [0.2, 0.25) is 0 Å². The van der Waals surface area contributed by atoms with Crippen molar-refractivity contribution in [1.29, 1.82) is 0 Å². The van der Waals surface area contributed by atoms with Crippen LogP contribution in [0.2, 0.25) is 0 Å². The highest BCUT2D eigenvalue weighted by molar-refractivity contribution is 5.92. The van der Waals surface area contributed by atoms with Gasteiger partial charge in [0.05, 0.1) is 18.8 Å². The zero-order valence-electron chi connectivity index (χ0n) is 23.5. The third-order valence-corrected chi connectivity index (χ3v) is 6.59. The maximum atomic E-state index is 13.1. The molecule has 0 aromatic heterocycles. The third-order valence-electron chi connectivity index (χ3n) is 6.59. The molecule has 0 N–H and O–H groups in total. The standard InChI is InChI=1S/C33H38O7/c1-4-5-6-7-8-12-21-36-26-17-15-25(16-18-26)31(34)39-29-22-27(19-20-28(29)24-13-10-9-11-14-24)38-32(35)30-23-37-33(2,3)40-30/h9-11,13-20,22,30H,4-8,12,21,23H2,1-3H3. The molecule has 3 aromatic carbocycles. The second-order valence-corrected chi connectivity index (χ2v) is 10.3. The Kier molecular flexibility index (Phi) is 10.3. The first-order chi connectivity index (χ1) is 19.3. The van der Waals surface area contributed by atoms with Gasteiger partial charge in [-0.2, -0.15) is 0 Å². The number of rotatable bonds is 13. The van der Waals surface area contributed by atoms with Gasteiger partial charge in [-0.3, -0.25) is 0 Å². The van der Waals surface area contributed by atoms with Crippen LogP contribution in [-0.2, 0) is 14.3 Å². The van der Waals surface area contributed by atoms with Gasteiger partial charge in [-0.25, -0.2) is 9.59 Å². The average molecular weight is 547 g/mol. The summed E-state index contributed by atoms with van der Waals surface area (Å²) in [7, 11) is 0. The largest absolute Gasteiger partial charge is 0.494 e. The molecule has 1 fully saturated rings. The molecule has 0 spiro atoms. The topological polar surface area (TPSA) is 80.3 Å². The quantitative estimate of drug-likeness (QED) is 0.126. The molecule has 1 heterocycles. The molecule has 7 heteroatoms. The highest BCUT2D eigenvalue weighted by Gasteiger charge is 2.38. The molecule has 0 aliphatic carbocycles. The van der Waals surface area contributed by atoms with Crippen molar-refractivity contribution in [1.82, 2.24) is 0 Å². The Morgan fingerprint density at radius 1 is 0.850 bits per heavy atom. The van der Waals surface area contributed by atoms with Crippen LogP contribution in [0.5, 0.6) is 17.2 Å². The van der Waals surface area contributed by atoms with Crippen LogP contribution in [0.4, 0.5) is 0 Å². The van der Waals surface area contributed by atoms with Crippen LogP contribution in [0, 0.1) is 0 Å². The summed E-state index contributed by atoms with van der Waals surface area (Å²) >= 11 is 0. The van der Waals surface area contributed by atoms with Gasteiger partial charge in [-0.15, -0.1) is 0 Å². The summed E-state index contributed by atoms with van der Waals surface area (Å²) in [6.45, 7) is 6.44. The van der Waals surface area contributed by atoms with Crippen LogP contribution >= 0.6 is 0 Å². The molecule has 1 unspecified atom stereocenters. The number of unbranched alkanes of at least 4 members (excludes halogenated alkanes) is 5. The van der Waals surface area contributed by atoms with Crippen molar-refractivity contribution in [2.24, 2.45) is 0 Å². The Hall–Kier alpha value is -3.68. The second kappa shape index (κ2) is 14.1. The van der Waals surface area contributed by atoms with Crippen molar-refractivity contribution in [3.05, 3.63) is 78.4 Å². The lowest BCUT2D eigenvalue weighted by atomic mass is 10.0. The fourth-order valence-corrected chi connectivity index (χ4v) is 4.41. The van der Waals surface area contributed by atoms with E-state index in [-0.39, 0.29) is 18.1 Å². The first-order valence-corrected chi connectivity index (χ1v) is 14.0. The molecular weight excluding hydrogens is 508 g/mol. The number of hydrogen-bond acceptors (Lipinski definition) is 7. The molecule has 4 rings (SSSR count). The van der Waals surface area contributed by atoms with Crippen LogP contribution in [-0.4, -0.2) is 37.0 Å². The summed E-state index contributed by atoms with van der Waals surface area (Å²) in [6.07, 6.45) is 6.35. The third kappa shape index (κ3) is 8.41. The highest BCUT2D eigenvalue weighted by Crippen LogP contribution is 2.35. The van der Waals surface area contributed by atoms with Crippen LogP contribution in [0.25, 0.3) is 11.1 Å². The molecule has 0 saturated carbocycles. The second-order valence-electron chi connectivity index (χ2n) is 10.3. The van der Waals surface area contributed by atoms with Gasteiger partial charge >= 0.3 is 11.9 Å². The van der Waals surface area contributed by atoms with Gasteiger partial charge in [0, 0.05) is 11.6 Å². The number of carbonyl (C=O) groups is 2. The maximum Gasteiger partial charge on any atom is 0.343 e. The van der Waals surface area contributed by atoms with E-state index in [2.05, 4.69) is 6.92 Å². The van der Waals surface area contributed by atoms with Gasteiger partial charge in [-0.05, 0) is 62.2 Å². The van der Waals surface area contributed by atoms with Gasteiger partial charge in [-0.1, -0.05) is 69.4 Å². The molecule has 212 valence electrons. The molecule has 3 aromatic rings. The first-order valence-electron chi connectivity index (χ1n) is 14.0. The van der Waals surface area contributed by atoms with Crippen LogP contribution in [0.3, 0.4) is 0 Å². The van der Waals surface area contributed by atoms with E-state index in [1.165, 1.54) is 31.7 Å². The number of benzene rings is 3. The molecule has 7 nitrogen and oxygen atoms in total. The summed E-state index contributed by atoms with van der Waals surface area (Å²) in [6, 6.07) is 21.4. The highest BCUT2D eigenvalue weighted by atomic mass is 16.8. The smallest absolute Gasteiger partial charge is 0.343 e. The zero-order valence-corrected chi connectivity index (χ0v) is 23.5. The minimum absolute atomic E-state index is 0.106. The number of ether oxygens (including phenoxy) is 5. The lowest BCUT2D eigenvalue weighted by Crippen LogP contribution is -2.30. The Balaban J connectivity index is 1.41. The van der Waals surface area contributed by atoms with Crippen molar-refractivity contribution in [3.8, 4) is 28.4 Å². The number of esters is 2. The SMILES string of the molecule is CCCCCCCCOc1ccc(C(=O)Oc2cc(OC(=O)C3COC(C)(C)O3)ccc2-c2ccccc2)cc1. The van der Waals surface area contributed by atoms with Crippen molar-refractivity contribution >= 4 is 11.9 Å². The van der Waals surface area contributed by atoms with Crippen molar-refractivity contribution in [2.45, 2.75) is 71.2 Å². The van der Waals surface area contributed by atoms with Crippen molar-refractivity contribution in [2.75, 3.05) is 13.2 Å². The lowest BCUT2D eigenvalue weighted by Gasteiger charge is -2.17. The predicted molar refractivity (Wildman–Crippen MR) is 153 cm³/mol. The predicted octanol–water partition coefficient (Wildman–Crippen LogP) is 7.37. The van der Waals surface area contributed by atoms with Crippen molar-refractivity contribution in [3.63, 3.8) is 0 Å². The van der Waals surface area contributed by atoms with Crippen LogP contribution in [0.15, 0.2) is 72.8 Å². The Bertz CT molecular complexity index is 1250. The van der Waals surface area contributed by atoms with E-state index in [1.807, 2.05) is 30.3 Å². The molecule has 1 aliphatic heterocycles. The average Bonchev–Trinajstić information content (AvgIpc) is 3.33. The summed E-state index contributed by atoms with van der Waals surface area (Å²) < 4.78 is 28.3. The maximum absolute atomic E-state index is 13.1. The Labute approximate surface area is 236 Å². The Morgan fingerprint density at radius 3 is 2.25 bits per heavy atom. The van der Waals surface area contributed by atoms with E-state index in [0.29, 0.717) is 23.5 Å². The number of hydrogen-bond donors (Lipinski definition) is 0. The minimum atomic E-state index is -0.851. The van der Waals surface area contributed by atoms with E-state index in [0.717, 1.165) is 18.4 Å².